The van der Waals surface area contributed by atoms with Crippen molar-refractivity contribution in [3.63, 3.8) is 0 Å². The number of imide groups is 1. The molecule has 0 N–H and O–H groups in total. The Morgan fingerprint density at radius 3 is 1.21 bits per heavy atom. The van der Waals surface area contributed by atoms with Crippen LogP contribution in [-0.4, -0.2) is 77.2 Å². The minimum absolute atomic E-state index is 0.178. The summed E-state index contributed by atoms with van der Waals surface area (Å²) in [4.78, 5) is 56.2. The third-order valence-electron chi connectivity index (χ3n) is 7.88. The zero-order valence-corrected chi connectivity index (χ0v) is 22.2. The molecule has 0 aliphatic carbocycles. The Labute approximate surface area is 218 Å². The number of rotatable bonds is 0. The maximum Gasteiger partial charge on any atom is 0.405 e. The van der Waals surface area contributed by atoms with Gasteiger partial charge in [0, 0.05) is 19.8 Å². The average Bonchev–Trinajstić information content (AvgIpc) is 3.14. The largest absolute Gasteiger partial charge is 0.405 e. The van der Waals surface area contributed by atoms with Gasteiger partial charge in [-0.25, -0.2) is 8.78 Å². The molecule has 6 atom stereocenters. The number of halogens is 8. The van der Waals surface area contributed by atoms with E-state index < -0.39 is 76.0 Å². The summed E-state index contributed by atoms with van der Waals surface area (Å²) in [6.07, 6.45) is -9.19. The second kappa shape index (κ2) is 9.84. The number of cyclic esters (lactones) is 2. The number of carbonyl (C=O) groups is 5. The van der Waals surface area contributed by atoms with Crippen LogP contribution in [0.2, 0.25) is 0 Å². The molecule has 0 saturated carbocycles. The second-order valence-corrected chi connectivity index (χ2v) is 10.1. The van der Waals surface area contributed by atoms with Gasteiger partial charge < -0.3 is 9.64 Å². The summed E-state index contributed by atoms with van der Waals surface area (Å²) in [6.45, 7) is 8.89. The van der Waals surface area contributed by atoms with Crippen LogP contribution in [0.15, 0.2) is 12.3 Å². The number of alkyl halides is 8. The predicted octanol–water partition coefficient (Wildman–Crippen LogP) is 3.89. The van der Waals surface area contributed by atoms with Crippen LogP contribution in [0, 0.1) is 22.7 Å². The lowest BCUT2D eigenvalue weighted by molar-refractivity contribution is -0.225. The maximum atomic E-state index is 13.3. The van der Waals surface area contributed by atoms with Crippen LogP contribution in [0.1, 0.15) is 41.5 Å². The van der Waals surface area contributed by atoms with E-state index in [-0.39, 0.29) is 5.70 Å². The number of ether oxygens (including phenoxy) is 1. The first-order valence-electron chi connectivity index (χ1n) is 11.1. The molecular formula is C23H28F8N2O6. The van der Waals surface area contributed by atoms with Gasteiger partial charge in [-0.2, -0.15) is 26.3 Å². The molecule has 0 aromatic rings. The molecule has 0 radical (unpaired) electrons. The number of esters is 2. The van der Waals surface area contributed by atoms with E-state index in [4.69, 9.17) is 0 Å². The number of carbonyl (C=O) groups excluding carboxylic acids is 5. The van der Waals surface area contributed by atoms with Gasteiger partial charge >= 0.3 is 24.3 Å². The van der Waals surface area contributed by atoms with Crippen molar-refractivity contribution in [2.45, 2.75) is 65.2 Å². The fourth-order valence-corrected chi connectivity index (χ4v) is 3.86. The number of amides is 3. The SMILES string of the molecule is C=C1N(C)C(=O)C(C)C1(C)C(F)(F)F.CC1C(=O)OC(=O)C1(C)C(F)(F)F.CN1C(=O)C(C)(F)C(C)(F)C1=O. The Kier molecular flexibility index (Phi) is 8.57. The zero-order valence-electron chi connectivity index (χ0n) is 22.2. The zero-order chi connectivity index (χ0) is 31.5. The normalized spacial score (nSPS) is 37.0. The summed E-state index contributed by atoms with van der Waals surface area (Å²) in [5, 5.41) is 0. The van der Waals surface area contributed by atoms with E-state index in [1.54, 1.807) is 0 Å². The molecule has 0 aromatic carbocycles. The van der Waals surface area contributed by atoms with Crippen LogP contribution >= 0.6 is 0 Å². The van der Waals surface area contributed by atoms with E-state index in [0.29, 0.717) is 11.8 Å². The third kappa shape index (κ3) is 4.90. The highest BCUT2D eigenvalue weighted by atomic mass is 19.4. The molecule has 3 aliphatic heterocycles. The lowest BCUT2D eigenvalue weighted by atomic mass is 9.78. The van der Waals surface area contributed by atoms with E-state index in [9.17, 15) is 59.1 Å². The summed E-state index contributed by atoms with van der Waals surface area (Å²) in [6, 6.07) is 0. The number of hydrogen-bond acceptors (Lipinski definition) is 6. The fraction of sp³-hybridized carbons (Fsp3) is 0.696. The van der Waals surface area contributed by atoms with Crippen molar-refractivity contribution >= 4 is 29.7 Å². The Morgan fingerprint density at radius 1 is 0.718 bits per heavy atom. The van der Waals surface area contributed by atoms with Crippen LogP contribution in [0.25, 0.3) is 0 Å². The Hall–Kier alpha value is -3.07. The third-order valence-corrected chi connectivity index (χ3v) is 7.88. The topological polar surface area (TPSA) is 101 Å². The highest BCUT2D eigenvalue weighted by molar-refractivity contribution is 6.12. The number of hydrogen-bond donors (Lipinski definition) is 0. The molecule has 3 aliphatic rings. The van der Waals surface area contributed by atoms with Crippen molar-refractivity contribution in [3.8, 4) is 0 Å². The van der Waals surface area contributed by atoms with E-state index in [0.717, 1.165) is 39.6 Å². The first-order valence-corrected chi connectivity index (χ1v) is 11.1. The summed E-state index contributed by atoms with van der Waals surface area (Å²) < 4.78 is 106. The first-order chi connectivity index (χ1) is 17.1. The molecule has 6 unspecified atom stereocenters. The number of allylic oxidation sites excluding steroid dienone is 1. The highest BCUT2D eigenvalue weighted by Crippen LogP contribution is 2.54. The summed E-state index contributed by atoms with van der Waals surface area (Å²) in [7, 11) is 2.38. The molecule has 3 rings (SSSR count). The summed E-state index contributed by atoms with van der Waals surface area (Å²) in [5.41, 5.74) is -10.5. The van der Waals surface area contributed by atoms with Gasteiger partial charge in [0.25, 0.3) is 11.8 Å². The van der Waals surface area contributed by atoms with Crippen LogP contribution in [0.4, 0.5) is 35.1 Å². The van der Waals surface area contributed by atoms with Crippen molar-refractivity contribution in [2.24, 2.45) is 22.7 Å². The van der Waals surface area contributed by atoms with Crippen LogP contribution in [-0.2, 0) is 28.7 Å². The molecule has 16 heteroatoms. The van der Waals surface area contributed by atoms with Gasteiger partial charge in [0.2, 0.25) is 17.2 Å². The minimum atomic E-state index is -4.75. The van der Waals surface area contributed by atoms with Crippen molar-refractivity contribution in [1.82, 2.24) is 9.80 Å². The van der Waals surface area contributed by atoms with Crippen molar-refractivity contribution in [3.05, 3.63) is 12.3 Å². The molecule has 3 fully saturated rings. The van der Waals surface area contributed by atoms with Crippen LogP contribution in [0.3, 0.4) is 0 Å². The second-order valence-electron chi connectivity index (χ2n) is 10.1. The average molecular weight is 580 g/mol. The number of likely N-dealkylation sites (tertiary alicyclic amines) is 2. The van der Waals surface area contributed by atoms with E-state index in [2.05, 4.69) is 11.3 Å². The molecule has 8 nitrogen and oxygen atoms in total. The quantitative estimate of drug-likeness (QED) is 0.187. The van der Waals surface area contributed by atoms with Crippen molar-refractivity contribution in [1.29, 1.82) is 0 Å². The van der Waals surface area contributed by atoms with Gasteiger partial charge in [-0.3, -0.25) is 28.9 Å². The maximum absolute atomic E-state index is 13.3. The molecular weight excluding hydrogens is 552 g/mol. The molecule has 0 bridgehead atoms. The minimum Gasteiger partial charge on any atom is -0.392 e. The molecule has 0 spiro atoms. The molecule has 3 saturated heterocycles. The van der Waals surface area contributed by atoms with Gasteiger partial charge in [-0.1, -0.05) is 20.4 Å². The molecule has 39 heavy (non-hydrogen) atoms. The van der Waals surface area contributed by atoms with Crippen LogP contribution < -0.4 is 0 Å². The molecule has 222 valence electrons. The van der Waals surface area contributed by atoms with Gasteiger partial charge in [0.05, 0.1) is 11.8 Å². The predicted molar refractivity (Wildman–Crippen MR) is 116 cm³/mol. The molecule has 3 heterocycles. The van der Waals surface area contributed by atoms with Crippen LogP contribution in [0.5, 0.6) is 0 Å². The fourth-order valence-electron chi connectivity index (χ4n) is 3.86. The van der Waals surface area contributed by atoms with E-state index >= 15 is 0 Å². The Balaban J connectivity index is 0.000000293. The lowest BCUT2D eigenvalue weighted by Crippen LogP contribution is -2.45. The van der Waals surface area contributed by atoms with Gasteiger partial charge in [0.1, 0.15) is 5.41 Å². The van der Waals surface area contributed by atoms with Gasteiger partial charge in [0.15, 0.2) is 5.41 Å². The van der Waals surface area contributed by atoms with E-state index in [1.807, 2.05) is 0 Å². The van der Waals surface area contributed by atoms with Gasteiger partial charge in [-0.05, 0) is 27.7 Å². The molecule has 3 amide bonds. The molecule has 0 aromatic heterocycles. The Bertz CT molecular complexity index is 1070. The lowest BCUT2D eigenvalue weighted by Gasteiger charge is -2.31. The summed E-state index contributed by atoms with van der Waals surface area (Å²) in [5.74, 6) is -7.99. The monoisotopic (exact) mass is 580 g/mol. The first kappa shape index (κ1) is 34.0. The van der Waals surface area contributed by atoms with Gasteiger partial charge in [-0.15, -0.1) is 0 Å². The smallest absolute Gasteiger partial charge is 0.392 e. The summed E-state index contributed by atoms with van der Waals surface area (Å²) >= 11 is 0. The van der Waals surface area contributed by atoms with Crippen molar-refractivity contribution in [2.75, 3.05) is 14.1 Å². The highest BCUT2D eigenvalue weighted by Gasteiger charge is 2.68. The van der Waals surface area contributed by atoms with Crippen molar-refractivity contribution < 1.29 is 63.8 Å². The number of nitrogens with zero attached hydrogens (tertiary/aromatic N) is 2. The Morgan fingerprint density at radius 2 is 1.08 bits per heavy atom. The van der Waals surface area contributed by atoms with E-state index in [1.165, 1.54) is 14.0 Å². The standard InChI is InChI=1S/C9H12F3NO.C7H7F3O3.C7H9F2NO2/c1-5-7(14)13(4)6(2)8(5,3)9(10,11)12;1-3-4(11)13-5(12)6(3,2)7(8,9)10;1-6(8)4(11)10(3)5(12)7(6,2)9/h5H,2H2,1,3-4H3;3H,1-2H3;1-3H3.